The Balaban J connectivity index is 1.78. The van der Waals surface area contributed by atoms with E-state index in [1.54, 1.807) is 0 Å². The number of fused-ring (bicyclic) bond motifs is 1. The zero-order valence-corrected chi connectivity index (χ0v) is 10.8. The fourth-order valence-corrected chi connectivity index (χ4v) is 2.69. The largest absolute Gasteiger partial charge is 0.381 e. The molecule has 2 heterocycles. The number of anilines is 1. The molecule has 3 rings (SSSR count). The fraction of sp³-hybridized carbons (Fsp3) is 0.400. The molecule has 0 amide bonds. The standard InChI is InChI=1S/C15H19N3/c1-18-9-3-5-14(11-18)17-13-6-7-15-12(10-13)4-2-8-16-15/h2,4,6-8,10,14,17H,3,5,9,11H2,1H3. The number of nitrogens with zero attached hydrogens (tertiary/aromatic N) is 2. The second-order valence-electron chi connectivity index (χ2n) is 5.16. The van der Waals surface area contributed by atoms with Crippen LogP contribution in [0, 0.1) is 0 Å². The molecular formula is C15H19N3. The molecular weight excluding hydrogens is 222 g/mol. The number of likely N-dealkylation sites (N-methyl/N-ethyl adjacent to an activating group) is 1. The Labute approximate surface area is 108 Å². The van der Waals surface area contributed by atoms with E-state index in [1.807, 2.05) is 12.3 Å². The zero-order chi connectivity index (χ0) is 12.4. The first-order valence-electron chi connectivity index (χ1n) is 6.61. The molecule has 2 aromatic rings. The van der Waals surface area contributed by atoms with E-state index >= 15 is 0 Å². The Kier molecular flexibility index (Phi) is 3.15. The normalized spacial score (nSPS) is 21.1. The van der Waals surface area contributed by atoms with E-state index in [0.717, 1.165) is 12.1 Å². The van der Waals surface area contributed by atoms with Crippen molar-refractivity contribution in [1.29, 1.82) is 0 Å². The number of aromatic nitrogens is 1. The smallest absolute Gasteiger partial charge is 0.0703 e. The number of likely N-dealkylation sites (tertiary alicyclic amines) is 1. The first-order chi connectivity index (χ1) is 8.81. The molecule has 0 saturated carbocycles. The lowest BCUT2D eigenvalue weighted by molar-refractivity contribution is 0.261. The van der Waals surface area contributed by atoms with E-state index < -0.39 is 0 Å². The summed E-state index contributed by atoms with van der Waals surface area (Å²) >= 11 is 0. The van der Waals surface area contributed by atoms with Gasteiger partial charge in [-0.3, -0.25) is 4.98 Å². The monoisotopic (exact) mass is 241 g/mol. The summed E-state index contributed by atoms with van der Waals surface area (Å²) < 4.78 is 0. The minimum Gasteiger partial charge on any atom is -0.381 e. The second-order valence-corrected chi connectivity index (χ2v) is 5.16. The van der Waals surface area contributed by atoms with Crippen LogP contribution in [0.3, 0.4) is 0 Å². The molecule has 94 valence electrons. The van der Waals surface area contributed by atoms with Crippen LogP contribution in [0.5, 0.6) is 0 Å². The summed E-state index contributed by atoms with van der Waals surface area (Å²) in [7, 11) is 2.19. The van der Waals surface area contributed by atoms with Crippen molar-refractivity contribution in [3.63, 3.8) is 0 Å². The van der Waals surface area contributed by atoms with E-state index in [9.17, 15) is 0 Å². The Morgan fingerprint density at radius 1 is 1.33 bits per heavy atom. The average molecular weight is 241 g/mol. The highest BCUT2D eigenvalue weighted by atomic mass is 15.1. The van der Waals surface area contributed by atoms with Gasteiger partial charge in [0.1, 0.15) is 0 Å². The van der Waals surface area contributed by atoms with Crippen molar-refractivity contribution in [2.75, 3.05) is 25.5 Å². The molecule has 1 atom stereocenters. The van der Waals surface area contributed by atoms with Crippen molar-refractivity contribution in [3.05, 3.63) is 36.5 Å². The third kappa shape index (κ3) is 2.46. The molecule has 0 bridgehead atoms. The molecule has 3 nitrogen and oxygen atoms in total. The Morgan fingerprint density at radius 2 is 2.28 bits per heavy atom. The third-order valence-electron chi connectivity index (χ3n) is 3.60. The molecule has 1 aromatic heterocycles. The molecule has 1 saturated heterocycles. The fourth-order valence-electron chi connectivity index (χ4n) is 2.69. The quantitative estimate of drug-likeness (QED) is 0.876. The van der Waals surface area contributed by atoms with Crippen LogP contribution in [-0.4, -0.2) is 36.1 Å². The summed E-state index contributed by atoms with van der Waals surface area (Å²) in [5.74, 6) is 0. The van der Waals surface area contributed by atoms with Crippen molar-refractivity contribution < 1.29 is 0 Å². The van der Waals surface area contributed by atoms with Crippen LogP contribution in [0.2, 0.25) is 0 Å². The van der Waals surface area contributed by atoms with Crippen molar-refractivity contribution in [1.82, 2.24) is 9.88 Å². The minimum atomic E-state index is 0.567. The van der Waals surface area contributed by atoms with Gasteiger partial charge in [-0.25, -0.2) is 0 Å². The number of hydrogen-bond acceptors (Lipinski definition) is 3. The first-order valence-corrected chi connectivity index (χ1v) is 6.61. The van der Waals surface area contributed by atoms with Gasteiger partial charge < -0.3 is 10.2 Å². The summed E-state index contributed by atoms with van der Waals surface area (Å²) in [4.78, 5) is 6.74. The molecule has 3 heteroatoms. The number of hydrogen-bond donors (Lipinski definition) is 1. The van der Waals surface area contributed by atoms with Gasteiger partial charge in [0.25, 0.3) is 0 Å². The Hall–Kier alpha value is -1.61. The maximum atomic E-state index is 4.35. The predicted molar refractivity (Wildman–Crippen MR) is 75.9 cm³/mol. The van der Waals surface area contributed by atoms with Crippen molar-refractivity contribution in [3.8, 4) is 0 Å². The molecule has 1 aromatic carbocycles. The summed E-state index contributed by atoms with van der Waals surface area (Å²) in [5, 5.41) is 4.83. The average Bonchev–Trinajstić information content (AvgIpc) is 2.39. The summed E-state index contributed by atoms with van der Waals surface area (Å²) in [6.07, 6.45) is 4.38. The van der Waals surface area contributed by atoms with Crippen LogP contribution < -0.4 is 5.32 Å². The topological polar surface area (TPSA) is 28.2 Å². The van der Waals surface area contributed by atoms with Gasteiger partial charge in [-0.2, -0.15) is 0 Å². The van der Waals surface area contributed by atoms with Crippen molar-refractivity contribution >= 4 is 16.6 Å². The van der Waals surface area contributed by atoms with E-state index in [1.165, 1.54) is 30.5 Å². The van der Waals surface area contributed by atoms with Gasteiger partial charge in [-0.15, -0.1) is 0 Å². The molecule has 1 aliphatic heterocycles. The highest BCUT2D eigenvalue weighted by Crippen LogP contribution is 2.20. The van der Waals surface area contributed by atoms with Crippen LogP contribution in [-0.2, 0) is 0 Å². The van der Waals surface area contributed by atoms with Gasteiger partial charge in [0, 0.05) is 29.9 Å². The van der Waals surface area contributed by atoms with Crippen LogP contribution in [0.15, 0.2) is 36.5 Å². The van der Waals surface area contributed by atoms with E-state index in [4.69, 9.17) is 0 Å². The number of piperidine rings is 1. The molecule has 0 radical (unpaired) electrons. The van der Waals surface area contributed by atoms with Gasteiger partial charge >= 0.3 is 0 Å². The van der Waals surface area contributed by atoms with Gasteiger partial charge in [-0.05, 0) is 50.7 Å². The van der Waals surface area contributed by atoms with Crippen LogP contribution in [0.1, 0.15) is 12.8 Å². The van der Waals surface area contributed by atoms with E-state index in [-0.39, 0.29) is 0 Å². The molecule has 0 aliphatic carbocycles. The summed E-state index contributed by atoms with van der Waals surface area (Å²) in [5.41, 5.74) is 2.26. The Bertz CT molecular complexity index is 538. The van der Waals surface area contributed by atoms with E-state index in [0.29, 0.717) is 6.04 Å². The number of pyridine rings is 1. The van der Waals surface area contributed by atoms with Crippen molar-refractivity contribution in [2.24, 2.45) is 0 Å². The lowest BCUT2D eigenvalue weighted by Crippen LogP contribution is -2.39. The number of nitrogens with one attached hydrogen (secondary N) is 1. The third-order valence-corrected chi connectivity index (χ3v) is 3.60. The second kappa shape index (κ2) is 4.94. The Morgan fingerprint density at radius 3 is 3.17 bits per heavy atom. The SMILES string of the molecule is CN1CCCC(Nc2ccc3ncccc3c2)C1. The summed E-state index contributed by atoms with van der Waals surface area (Å²) in [6.45, 7) is 2.35. The van der Waals surface area contributed by atoms with Gasteiger partial charge in [-0.1, -0.05) is 6.07 Å². The predicted octanol–water partition coefficient (Wildman–Crippen LogP) is 2.74. The molecule has 1 unspecified atom stereocenters. The maximum Gasteiger partial charge on any atom is 0.0703 e. The zero-order valence-electron chi connectivity index (χ0n) is 10.8. The highest BCUT2D eigenvalue weighted by molar-refractivity contribution is 5.82. The summed E-state index contributed by atoms with van der Waals surface area (Å²) in [6, 6.07) is 11.1. The highest BCUT2D eigenvalue weighted by Gasteiger charge is 2.16. The van der Waals surface area contributed by atoms with Gasteiger partial charge in [0.05, 0.1) is 5.52 Å². The molecule has 18 heavy (non-hydrogen) atoms. The number of benzene rings is 1. The van der Waals surface area contributed by atoms with Crippen molar-refractivity contribution in [2.45, 2.75) is 18.9 Å². The molecule has 1 aliphatic rings. The first kappa shape index (κ1) is 11.5. The lowest BCUT2D eigenvalue weighted by atomic mass is 10.1. The van der Waals surface area contributed by atoms with Crippen LogP contribution >= 0.6 is 0 Å². The van der Waals surface area contributed by atoms with Gasteiger partial charge in [0.15, 0.2) is 0 Å². The minimum absolute atomic E-state index is 0.567. The molecule has 0 spiro atoms. The lowest BCUT2D eigenvalue weighted by Gasteiger charge is -2.30. The molecule has 1 N–H and O–H groups in total. The van der Waals surface area contributed by atoms with Crippen LogP contribution in [0.4, 0.5) is 5.69 Å². The maximum absolute atomic E-state index is 4.35. The van der Waals surface area contributed by atoms with Gasteiger partial charge in [0.2, 0.25) is 0 Å². The number of rotatable bonds is 2. The molecule has 1 fully saturated rings. The van der Waals surface area contributed by atoms with Crippen LogP contribution in [0.25, 0.3) is 10.9 Å². The van der Waals surface area contributed by atoms with E-state index in [2.05, 4.69) is 46.5 Å².